The van der Waals surface area contributed by atoms with Crippen LogP contribution in [0.1, 0.15) is 46.6 Å². The van der Waals surface area contributed by atoms with Crippen molar-refractivity contribution >= 4 is 17.7 Å². The fourth-order valence-electron chi connectivity index (χ4n) is 4.79. The Balaban J connectivity index is 1.42. The summed E-state index contributed by atoms with van der Waals surface area (Å²) in [5.41, 5.74) is 3.97. The molecular weight excluding hydrogens is 320 g/mol. The Hall–Kier alpha value is -2.28. The molecular formula is C18H20N4O3. The zero-order valence-electron chi connectivity index (χ0n) is 13.9. The van der Waals surface area contributed by atoms with Crippen LogP contribution in [0.2, 0.25) is 0 Å². The van der Waals surface area contributed by atoms with Crippen LogP contribution in [0.15, 0.2) is 6.07 Å². The first kappa shape index (κ1) is 15.0. The van der Waals surface area contributed by atoms with E-state index in [0.717, 1.165) is 43.6 Å². The molecule has 0 radical (unpaired) electrons. The van der Waals surface area contributed by atoms with Gasteiger partial charge in [0, 0.05) is 30.8 Å². The molecule has 7 heteroatoms. The molecule has 2 fully saturated rings. The number of rotatable bonds is 1. The molecule has 7 nitrogen and oxygen atoms in total. The average molecular weight is 340 g/mol. The van der Waals surface area contributed by atoms with Gasteiger partial charge < -0.3 is 10.2 Å². The molecule has 3 aliphatic heterocycles. The van der Waals surface area contributed by atoms with Crippen LogP contribution in [0.5, 0.6) is 0 Å². The molecule has 1 unspecified atom stereocenters. The SMILES string of the molecule is O=C1CCC(N2Cc3cc4c(nc3C2=O)C[C@]2(CCNC2)C4)C(=O)N1. The van der Waals surface area contributed by atoms with Crippen LogP contribution in [0, 0.1) is 5.41 Å². The zero-order chi connectivity index (χ0) is 17.2. The van der Waals surface area contributed by atoms with E-state index in [0.29, 0.717) is 18.7 Å². The number of nitrogens with zero attached hydrogens (tertiary/aromatic N) is 2. The van der Waals surface area contributed by atoms with Crippen LogP contribution in [-0.4, -0.2) is 46.7 Å². The molecule has 5 rings (SSSR count). The summed E-state index contributed by atoms with van der Waals surface area (Å²) in [7, 11) is 0. The maximum absolute atomic E-state index is 12.8. The van der Waals surface area contributed by atoms with Gasteiger partial charge in [0.25, 0.3) is 5.91 Å². The van der Waals surface area contributed by atoms with Gasteiger partial charge in [-0.2, -0.15) is 0 Å². The summed E-state index contributed by atoms with van der Waals surface area (Å²) < 4.78 is 0. The Morgan fingerprint density at radius 2 is 2.08 bits per heavy atom. The summed E-state index contributed by atoms with van der Waals surface area (Å²) in [6.45, 7) is 2.48. The Labute approximate surface area is 145 Å². The van der Waals surface area contributed by atoms with E-state index in [1.54, 1.807) is 4.90 Å². The van der Waals surface area contributed by atoms with Crippen LogP contribution in [-0.2, 0) is 29.0 Å². The predicted octanol–water partition coefficient (Wildman–Crippen LogP) is -0.0791. The van der Waals surface area contributed by atoms with Crippen LogP contribution < -0.4 is 10.6 Å². The summed E-state index contributed by atoms with van der Waals surface area (Å²) in [4.78, 5) is 42.5. The van der Waals surface area contributed by atoms with E-state index in [9.17, 15) is 14.4 Å². The van der Waals surface area contributed by atoms with Crippen LogP contribution in [0.4, 0.5) is 0 Å². The van der Waals surface area contributed by atoms with Crippen molar-refractivity contribution in [3.63, 3.8) is 0 Å². The van der Waals surface area contributed by atoms with Crippen molar-refractivity contribution in [3.8, 4) is 0 Å². The third-order valence-corrected chi connectivity index (χ3v) is 6.10. The summed E-state index contributed by atoms with van der Waals surface area (Å²) in [6.07, 6.45) is 3.76. The Bertz CT molecular complexity index is 813. The van der Waals surface area contributed by atoms with Crippen molar-refractivity contribution in [1.82, 2.24) is 20.5 Å². The first-order chi connectivity index (χ1) is 12.0. The van der Waals surface area contributed by atoms with Crippen molar-refractivity contribution in [2.45, 2.75) is 44.7 Å². The summed E-state index contributed by atoms with van der Waals surface area (Å²) in [6, 6.07) is 1.55. The molecule has 4 aliphatic rings. The monoisotopic (exact) mass is 340 g/mol. The molecule has 1 aromatic heterocycles. The molecule has 2 N–H and O–H groups in total. The molecule has 2 saturated heterocycles. The lowest BCUT2D eigenvalue weighted by molar-refractivity contribution is -0.136. The fraction of sp³-hybridized carbons (Fsp3) is 0.556. The molecule has 1 spiro atoms. The molecule has 0 bridgehead atoms. The van der Waals surface area contributed by atoms with Crippen LogP contribution in [0.25, 0.3) is 0 Å². The van der Waals surface area contributed by atoms with Crippen molar-refractivity contribution in [2.24, 2.45) is 5.41 Å². The second-order valence-electron chi connectivity index (χ2n) is 7.78. The first-order valence-electron chi connectivity index (χ1n) is 8.92. The minimum absolute atomic E-state index is 0.183. The third-order valence-electron chi connectivity index (χ3n) is 6.10. The van der Waals surface area contributed by atoms with Gasteiger partial charge in [-0.1, -0.05) is 0 Å². The van der Waals surface area contributed by atoms with E-state index in [2.05, 4.69) is 16.7 Å². The standard InChI is InChI=1S/C18H20N4O3/c23-14-2-1-13(16(24)21-14)22-8-11-5-10-6-18(3-4-19-9-18)7-12(10)20-15(11)17(22)25/h5,13,19H,1-4,6-9H2,(H,21,23,24)/t13?,18-/m0/s1. The third kappa shape index (κ3) is 2.22. The Morgan fingerprint density at radius 3 is 2.84 bits per heavy atom. The van der Waals surface area contributed by atoms with Gasteiger partial charge in [-0.25, -0.2) is 4.98 Å². The van der Waals surface area contributed by atoms with Crippen molar-refractivity contribution < 1.29 is 14.4 Å². The van der Waals surface area contributed by atoms with E-state index in [1.807, 2.05) is 0 Å². The van der Waals surface area contributed by atoms with E-state index in [-0.39, 0.29) is 29.6 Å². The van der Waals surface area contributed by atoms with Gasteiger partial charge >= 0.3 is 0 Å². The van der Waals surface area contributed by atoms with Gasteiger partial charge in [-0.3, -0.25) is 19.7 Å². The van der Waals surface area contributed by atoms with Crippen molar-refractivity contribution in [1.29, 1.82) is 0 Å². The van der Waals surface area contributed by atoms with Crippen molar-refractivity contribution in [2.75, 3.05) is 13.1 Å². The fourth-order valence-corrected chi connectivity index (χ4v) is 4.79. The number of piperidine rings is 1. The van der Waals surface area contributed by atoms with Gasteiger partial charge in [0.1, 0.15) is 11.7 Å². The molecule has 25 heavy (non-hydrogen) atoms. The van der Waals surface area contributed by atoms with Crippen molar-refractivity contribution in [3.05, 3.63) is 28.6 Å². The minimum atomic E-state index is -0.570. The summed E-state index contributed by atoms with van der Waals surface area (Å²) in [5.74, 6) is -0.822. The average Bonchev–Trinajstić information content (AvgIpc) is 3.25. The second kappa shape index (κ2) is 5.11. The number of imide groups is 1. The van der Waals surface area contributed by atoms with E-state index in [4.69, 9.17) is 4.98 Å². The largest absolute Gasteiger partial charge is 0.321 e. The normalized spacial score (nSPS) is 30.8. The lowest BCUT2D eigenvalue weighted by Crippen LogP contribution is -2.52. The number of amides is 3. The number of carbonyl (C=O) groups is 3. The van der Waals surface area contributed by atoms with Crippen LogP contribution >= 0.6 is 0 Å². The minimum Gasteiger partial charge on any atom is -0.321 e. The number of hydrogen-bond donors (Lipinski definition) is 2. The number of aromatic nitrogens is 1. The molecule has 0 aromatic carbocycles. The lowest BCUT2D eigenvalue weighted by Gasteiger charge is -2.29. The van der Waals surface area contributed by atoms with E-state index >= 15 is 0 Å². The number of fused-ring (bicyclic) bond motifs is 2. The molecule has 0 saturated carbocycles. The first-order valence-corrected chi connectivity index (χ1v) is 8.92. The molecule has 1 aromatic rings. The Morgan fingerprint density at radius 1 is 1.20 bits per heavy atom. The number of nitrogens with one attached hydrogen (secondary N) is 2. The smallest absolute Gasteiger partial charge is 0.273 e. The van der Waals surface area contributed by atoms with E-state index in [1.165, 1.54) is 5.56 Å². The topological polar surface area (TPSA) is 91.4 Å². The molecule has 130 valence electrons. The summed E-state index contributed by atoms with van der Waals surface area (Å²) >= 11 is 0. The quantitative estimate of drug-likeness (QED) is 0.698. The van der Waals surface area contributed by atoms with E-state index < -0.39 is 6.04 Å². The highest BCUT2D eigenvalue weighted by atomic mass is 16.2. The van der Waals surface area contributed by atoms with Gasteiger partial charge in [0.2, 0.25) is 11.8 Å². The van der Waals surface area contributed by atoms with Crippen LogP contribution in [0.3, 0.4) is 0 Å². The molecule has 3 amide bonds. The predicted molar refractivity (Wildman–Crippen MR) is 87.6 cm³/mol. The highest BCUT2D eigenvalue weighted by molar-refractivity contribution is 6.04. The maximum Gasteiger partial charge on any atom is 0.273 e. The van der Waals surface area contributed by atoms with Gasteiger partial charge in [-0.05, 0) is 49.3 Å². The second-order valence-corrected chi connectivity index (χ2v) is 7.78. The molecule has 2 atom stereocenters. The highest BCUT2D eigenvalue weighted by Gasteiger charge is 2.44. The number of pyridine rings is 1. The summed E-state index contributed by atoms with van der Waals surface area (Å²) in [5, 5.41) is 5.77. The zero-order valence-corrected chi connectivity index (χ0v) is 13.9. The number of carbonyl (C=O) groups excluding carboxylic acids is 3. The van der Waals surface area contributed by atoms with Gasteiger partial charge in [0.15, 0.2) is 0 Å². The number of hydrogen-bond acceptors (Lipinski definition) is 5. The lowest BCUT2D eigenvalue weighted by atomic mass is 9.84. The van der Waals surface area contributed by atoms with Gasteiger partial charge in [-0.15, -0.1) is 0 Å². The molecule has 4 heterocycles. The molecule has 1 aliphatic carbocycles. The Kier molecular flexibility index (Phi) is 3.07. The highest BCUT2D eigenvalue weighted by Crippen LogP contribution is 2.42. The maximum atomic E-state index is 12.8. The van der Waals surface area contributed by atoms with Gasteiger partial charge in [0.05, 0.1) is 0 Å².